The maximum atomic E-state index is 10.3. The van der Waals surface area contributed by atoms with Crippen molar-refractivity contribution in [1.29, 1.82) is 0 Å². The molecule has 0 radical (unpaired) electrons. The van der Waals surface area contributed by atoms with Crippen LogP contribution in [0.2, 0.25) is 0 Å². The van der Waals surface area contributed by atoms with E-state index in [2.05, 4.69) is 22.4 Å². The van der Waals surface area contributed by atoms with Gasteiger partial charge in [0.25, 0.3) is 0 Å². The van der Waals surface area contributed by atoms with Gasteiger partial charge in [-0.25, -0.2) is 9.36 Å². The van der Waals surface area contributed by atoms with E-state index in [0.29, 0.717) is 16.6 Å². The molecule has 7 nitrogen and oxygen atoms in total. The molecular formula is C11H23ClNO6P. The third kappa shape index (κ3) is 22.5. The van der Waals surface area contributed by atoms with Crippen molar-refractivity contribution >= 4 is 13.8 Å². The van der Waals surface area contributed by atoms with Crippen molar-refractivity contribution in [1.82, 2.24) is 0 Å². The molecule has 0 fully saturated rings. The zero-order chi connectivity index (χ0) is 15.7. The van der Waals surface area contributed by atoms with Crippen LogP contribution in [-0.2, 0) is 18.6 Å². The van der Waals surface area contributed by atoms with Crippen LogP contribution in [0.5, 0.6) is 0 Å². The number of phosphoric acid groups is 1. The highest BCUT2D eigenvalue weighted by molar-refractivity contribution is 7.46. The van der Waals surface area contributed by atoms with Crippen LogP contribution in [0, 0.1) is 0 Å². The molecule has 120 valence electrons. The molecule has 0 aromatic rings. The average Bonchev–Trinajstić information content (AvgIpc) is 2.14. The summed E-state index contributed by atoms with van der Waals surface area (Å²) in [6, 6.07) is 0. The van der Waals surface area contributed by atoms with Crippen molar-refractivity contribution in [3.63, 3.8) is 0 Å². The molecule has 0 aliphatic carbocycles. The van der Waals surface area contributed by atoms with Gasteiger partial charge in [-0.1, -0.05) is 13.2 Å². The standard InChI is InChI=1S/C6H8O2.C5H14NO4P.ClH/c1-4-8-6(7)5(2)3;1-6(2,3)4-5-10-11(7,8)9;/h4H,1-2H2,3H3;4-5H2,1-3H3,(H-,7,8,9);1H. The lowest BCUT2D eigenvalue weighted by atomic mass is 10.4. The zero-order valence-electron chi connectivity index (χ0n) is 12.2. The number of hydrogen-bond acceptors (Lipinski definition) is 4. The molecule has 0 spiro atoms. The van der Waals surface area contributed by atoms with Crippen LogP contribution >= 0.6 is 7.82 Å². The molecule has 20 heavy (non-hydrogen) atoms. The van der Waals surface area contributed by atoms with Gasteiger partial charge < -0.3 is 31.4 Å². The number of halogens is 1. The van der Waals surface area contributed by atoms with Gasteiger partial charge in [-0.2, -0.15) is 0 Å². The fourth-order valence-corrected chi connectivity index (χ4v) is 0.929. The summed E-state index contributed by atoms with van der Waals surface area (Å²) in [5.74, 6) is -0.431. The first-order valence-corrected chi connectivity index (χ1v) is 6.90. The zero-order valence-corrected chi connectivity index (χ0v) is 13.9. The van der Waals surface area contributed by atoms with Crippen molar-refractivity contribution in [3.05, 3.63) is 25.0 Å². The molecule has 9 heteroatoms. The topological polar surface area (TPSA) is 93.1 Å². The molecule has 0 bridgehead atoms. The number of carbonyl (C=O) groups excluding carboxylic acids is 1. The number of likely N-dealkylation sites (N-methyl/N-ethyl adjacent to an activating group) is 1. The second-order valence-corrected chi connectivity index (χ2v) is 5.93. The van der Waals surface area contributed by atoms with E-state index in [1.54, 1.807) is 6.92 Å². The van der Waals surface area contributed by atoms with E-state index in [4.69, 9.17) is 9.79 Å². The second-order valence-electron chi connectivity index (χ2n) is 4.69. The third-order valence-electron chi connectivity index (χ3n) is 1.56. The van der Waals surface area contributed by atoms with Crippen LogP contribution in [0.15, 0.2) is 25.0 Å². The highest BCUT2D eigenvalue weighted by atomic mass is 35.5. The molecule has 0 unspecified atom stereocenters. The second kappa shape index (κ2) is 11.0. The van der Waals surface area contributed by atoms with Gasteiger partial charge in [0.15, 0.2) is 0 Å². The lowest BCUT2D eigenvalue weighted by Gasteiger charge is -2.23. The van der Waals surface area contributed by atoms with Crippen LogP contribution < -0.4 is 12.4 Å². The predicted octanol–water partition coefficient (Wildman–Crippen LogP) is -1.94. The summed E-state index contributed by atoms with van der Waals surface area (Å²) in [4.78, 5) is 26.9. The van der Waals surface area contributed by atoms with Crippen LogP contribution in [0.1, 0.15) is 6.92 Å². The van der Waals surface area contributed by atoms with E-state index in [1.807, 2.05) is 21.1 Å². The molecule has 0 saturated carbocycles. The van der Waals surface area contributed by atoms with Gasteiger partial charge in [0.2, 0.25) is 0 Å². The molecule has 0 aromatic heterocycles. The van der Waals surface area contributed by atoms with E-state index >= 15 is 0 Å². The first-order chi connectivity index (χ1) is 8.39. The number of nitrogens with zero attached hydrogens (tertiary/aromatic N) is 1. The van der Waals surface area contributed by atoms with Gasteiger partial charge in [0.1, 0.15) is 13.2 Å². The van der Waals surface area contributed by atoms with E-state index in [1.165, 1.54) is 0 Å². The Morgan fingerprint density at radius 3 is 2.00 bits per heavy atom. The fourth-order valence-electron chi connectivity index (χ4n) is 0.610. The molecule has 2 N–H and O–H groups in total. The van der Waals surface area contributed by atoms with E-state index in [-0.39, 0.29) is 19.0 Å². The number of hydrogen-bond donors (Lipinski definition) is 2. The summed E-state index contributed by atoms with van der Waals surface area (Å²) in [5, 5.41) is 0. The van der Waals surface area contributed by atoms with Crippen LogP contribution in [0.25, 0.3) is 0 Å². The number of phosphoric ester groups is 1. The van der Waals surface area contributed by atoms with E-state index < -0.39 is 13.8 Å². The first-order valence-electron chi connectivity index (χ1n) is 5.37. The summed E-state index contributed by atoms with van der Waals surface area (Å²) >= 11 is 0. The maximum Gasteiger partial charge on any atom is 0.469 e. The first kappa shape index (κ1) is 24.3. The third-order valence-corrected chi connectivity index (χ3v) is 2.08. The minimum absolute atomic E-state index is 0. The van der Waals surface area contributed by atoms with Gasteiger partial charge in [-0.05, 0) is 6.92 Å². The number of ether oxygens (including phenoxy) is 1. The van der Waals surface area contributed by atoms with Gasteiger partial charge >= 0.3 is 13.8 Å². The quantitative estimate of drug-likeness (QED) is 0.193. The van der Waals surface area contributed by atoms with Gasteiger partial charge in [0.05, 0.1) is 27.4 Å². The molecule has 0 atom stereocenters. The van der Waals surface area contributed by atoms with E-state index in [0.717, 1.165) is 6.26 Å². The van der Waals surface area contributed by atoms with E-state index in [9.17, 15) is 9.36 Å². The van der Waals surface area contributed by atoms with Gasteiger partial charge in [0, 0.05) is 5.57 Å². The Bertz CT molecular complexity index is 360. The predicted molar refractivity (Wildman–Crippen MR) is 72.0 cm³/mol. The summed E-state index contributed by atoms with van der Waals surface area (Å²) in [7, 11) is 1.50. The number of quaternary nitrogens is 1. The number of carbonyl (C=O) groups is 1. The lowest BCUT2D eigenvalue weighted by molar-refractivity contribution is -0.870. The molecule has 0 amide bonds. The van der Waals surface area contributed by atoms with Crippen molar-refractivity contribution in [2.45, 2.75) is 6.92 Å². The van der Waals surface area contributed by atoms with Gasteiger partial charge in [-0.15, -0.1) is 0 Å². The number of rotatable bonds is 6. The summed E-state index contributed by atoms with van der Waals surface area (Å²) in [6.45, 7) is 8.78. The largest absolute Gasteiger partial charge is 1.00 e. The summed E-state index contributed by atoms with van der Waals surface area (Å²) in [6.07, 6.45) is 1.08. The van der Waals surface area contributed by atoms with Crippen LogP contribution in [0.3, 0.4) is 0 Å². The Balaban J connectivity index is -0.000000288. The average molecular weight is 332 g/mol. The molecule has 0 aliphatic rings. The number of esters is 1. The summed E-state index contributed by atoms with van der Waals surface area (Å²) in [5.41, 5.74) is 0.380. The van der Waals surface area contributed by atoms with Crippen LogP contribution in [-0.4, -0.2) is 54.5 Å². The Morgan fingerprint density at radius 1 is 1.35 bits per heavy atom. The Morgan fingerprint density at radius 2 is 1.80 bits per heavy atom. The highest BCUT2D eigenvalue weighted by Crippen LogP contribution is 2.35. The van der Waals surface area contributed by atoms with Gasteiger partial charge in [-0.3, -0.25) is 4.52 Å². The molecule has 0 aliphatic heterocycles. The lowest BCUT2D eigenvalue weighted by Crippen LogP contribution is -3.00. The monoisotopic (exact) mass is 331 g/mol. The highest BCUT2D eigenvalue weighted by Gasteiger charge is 2.15. The van der Waals surface area contributed by atoms with Crippen molar-refractivity contribution in [2.75, 3.05) is 34.3 Å². The normalized spacial score (nSPS) is 10.5. The molecule has 0 rings (SSSR count). The maximum absolute atomic E-state index is 10.3. The van der Waals surface area contributed by atoms with Crippen molar-refractivity contribution in [2.24, 2.45) is 0 Å². The molecular weight excluding hydrogens is 309 g/mol. The Hall–Kier alpha value is -0.690. The minimum atomic E-state index is -4.26. The Labute approximate surface area is 126 Å². The smallest absolute Gasteiger partial charge is 0.469 e. The SMILES string of the molecule is C=COC(=O)C(=C)C.C[N+](C)(C)CCOP(=O)(O)O.[Cl-]. The summed E-state index contributed by atoms with van der Waals surface area (Å²) < 4.78 is 19.4. The molecule has 0 aromatic carbocycles. The van der Waals surface area contributed by atoms with Crippen LogP contribution in [0.4, 0.5) is 0 Å². The molecule has 0 saturated heterocycles. The van der Waals surface area contributed by atoms with Crippen molar-refractivity contribution < 1.29 is 45.3 Å². The molecule has 0 heterocycles. The Kier molecular flexibility index (Phi) is 13.4. The van der Waals surface area contributed by atoms with Crippen molar-refractivity contribution in [3.8, 4) is 0 Å². The fraction of sp³-hybridized carbons (Fsp3) is 0.545. The minimum Gasteiger partial charge on any atom is -1.00 e.